The zero-order chi connectivity index (χ0) is 20.1. The maximum Gasteiger partial charge on any atom is 0.261 e. The molecule has 0 heterocycles. The van der Waals surface area contributed by atoms with Crippen molar-refractivity contribution in [1.29, 1.82) is 0 Å². The standard InChI is InChI=1S/C19H14Cl3N3O2S/c20-14-2-8-17(9-3-14)28(26,27)25-16-6-4-15(5-7-16)24-23-12-13-1-10-18(21)19(22)11-13/h1-12,24-25H/b23-12+. The van der Waals surface area contributed by atoms with Crippen molar-refractivity contribution < 1.29 is 8.42 Å². The summed E-state index contributed by atoms with van der Waals surface area (Å²) in [5.74, 6) is 0. The predicted molar refractivity (Wildman–Crippen MR) is 116 cm³/mol. The molecule has 3 aromatic carbocycles. The molecular weight excluding hydrogens is 441 g/mol. The van der Waals surface area contributed by atoms with E-state index in [-0.39, 0.29) is 4.90 Å². The van der Waals surface area contributed by atoms with Crippen molar-refractivity contribution in [2.75, 3.05) is 10.1 Å². The predicted octanol–water partition coefficient (Wildman–Crippen LogP) is 5.89. The van der Waals surface area contributed by atoms with Crippen LogP contribution in [0, 0.1) is 0 Å². The van der Waals surface area contributed by atoms with Crippen LogP contribution in [0.2, 0.25) is 15.1 Å². The fourth-order valence-corrected chi connectivity index (χ4v) is 3.71. The molecule has 144 valence electrons. The molecular formula is C19H14Cl3N3O2S. The van der Waals surface area contributed by atoms with Gasteiger partial charge in [0.15, 0.2) is 0 Å². The number of rotatable bonds is 6. The molecule has 5 nitrogen and oxygen atoms in total. The summed E-state index contributed by atoms with van der Waals surface area (Å²) < 4.78 is 27.2. The van der Waals surface area contributed by atoms with Crippen LogP contribution >= 0.6 is 34.8 Å². The fraction of sp³-hybridized carbons (Fsp3) is 0. The van der Waals surface area contributed by atoms with Crippen molar-refractivity contribution in [1.82, 2.24) is 0 Å². The molecule has 0 unspecified atom stereocenters. The average molecular weight is 455 g/mol. The summed E-state index contributed by atoms with van der Waals surface area (Å²) >= 11 is 17.6. The lowest BCUT2D eigenvalue weighted by Gasteiger charge is -2.09. The number of benzene rings is 3. The Labute approximate surface area is 178 Å². The van der Waals surface area contributed by atoms with Crippen LogP contribution in [-0.4, -0.2) is 14.6 Å². The lowest BCUT2D eigenvalue weighted by molar-refractivity contribution is 0.601. The van der Waals surface area contributed by atoms with Crippen molar-refractivity contribution >= 4 is 62.4 Å². The van der Waals surface area contributed by atoms with Crippen molar-refractivity contribution in [3.63, 3.8) is 0 Å². The first-order chi connectivity index (χ1) is 13.3. The van der Waals surface area contributed by atoms with Crippen LogP contribution in [0.5, 0.6) is 0 Å². The van der Waals surface area contributed by atoms with Gasteiger partial charge < -0.3 is 0 Å². The Bertz CT molecular complexity index is 1100. The first kappa shape index (κ1) is 20.5. The van der Waals surface area contributed by atoms with Gasteiger partial charge in [-0.1, -0.05) is 40.9 Å². The molecule has 0 amide bonds. The van der Waals surface area contributed by atoms with Crippen LogP contribution in [0.25, 0.3) is 0 Å². The highest BCUT2D eigenvalue weighted by Gasteiger charge is 2.13. The van der Waals surface area contributed by atoms with Gasteiger partial charge in [0, 0.05) is 10.7 Å². The van der Waals surface area contributed by atoms with Crippen molar-refractivity contribution in [3.8, 4) is 0 Å². The minimum Gasteiger partial charge on any atom is -0.280 e. The van der Waals surface area contributed by atoms with E-state index < -0.39 is 10.0 Å². The molecule has 3 rings (SSSR count). The van der Waals surface area contributed by atoms with Gasteiger partial charge in [-0.3, -0.25) is 10.1 Å². The third-order valence-electron chi connectivity index (χ3n) is 3.61. The molecule has 28 heavy (non-hydrogen) atoms. The van der Waals surface area contributed by atoms with Crippen LogP contribution in [0.1, 0.15) is 5.56 Å². The first-order valence-electron chi connectivity index (χ1n) is 7.96. The number of hydrogen-bond donors (Lipinski definition) is 2. The first-order valence-corrected chi connectivity index (χ1v) is 10.6. The Morgan fingerprint density at radius 3 is 2.07 bits per heavy atom. The molecule has 0 aliphatic heterocycles. The minimum absolute atomic E-state index is 0.130. The van der Waals surface area contributed by atoms with Crippen molar-refractivity contribution in [2.24, 2.45) is 5.10 Å². The van der Waals surface area contributed by atoms with Crippen LogP contribution in [0.15, 0.2) is 76.7 Å². The SMILES string of the molecule is O=S(=O)(Nc1ccc(N/N=C/c2ccc(Cl)c(Cl)c2)cc1)c1ccc(Cl)cc1. The van der Waals surface area contributed by atoms with Gasteiger partial charge in [-0.25, -0.2) is 8.42 Å². The van der Waals surface area contributed by atoms with Crippen LogP contribution in [0.4, 0.5) is 11.4 Å². The molecule has 0 spiro atoms. The van der Waals surface area contributed by atoms with Crippen LogP contribution in [-0.2, 0) is 10.0 Å². The van der Waals surface area contributed by atoms with Gasteiger partial charge in [0.2, 0.25) is 0 Å². The molecule has 0 aliphatic carbocycles. The number of hydrazone groups is 1. The molecule has 0 aromatic heterocycles. The van der Waals surface area contributed by atoms with E-state index in [1.54, 1.807) is 48.7 Å². The smallest absolute Gasteiger partial charge is 0.261 e. The molecule has 0 saturated heterocycles. The van der Waals surface area contributed by atoms with Gasteiger partial charge in [-0.05, 0) is 66.2 Å². The molecule has 0 radical (unpaired) electrons. The molecule has 2 N–H and O–H groups in total. The Kier molecular flexibility index (Phi) is 6.46. The molecule has 0 saturated carbocycles. The number of sulfonamides is 1. The highest BCUT2D eigenvalue weighted by atomic mass is 35.5. The van der Waals surface area contributed by atoms with E-state index in [0.29, 0.717) is 26.4 Å². The van der Waals surface area contributed by atoms with E-state index in [9.17, 15) is 8.42 Å². The van der Waals surface area contributed by atoms with E-state index >= 15 is 0 Å². The Hall–Kier alpha value is -2.25. The van der Waals surface area contributed by atoms with Gasteiger partial charge in [0.1, 0.15) is 0 Å². The molecule has 9 heteroatoms. The van der Waals surface area contributed by atoms with E-state index in [2.05, 4.69) is 15.2 Å². The number of halogens is 3. The van der Waals surface area contributed by atoms with Gasteiger partial charge in [0.25, 0.3) is 10.0 Å². The van der Waals surface area contributed by atoms with E-state index in [1.165, 1.54) is 24.3 Å². The maximum absolute atomic E-state index is 12.4. The molecule has 0 aliphatic rings. The topological polar surface area (TPSA) is 70.6 Å². The van der Waals surface area contributed by atoms with E-state index in [4.69, 9.17) is 34.8 Å². The van der Waals surface area contributed by atoms with Crippen molar-refractivity contribution in [2.45, 2.75) is 4.90 Å². The van der Waals surface area contributed by atoms with Gasteiger partial charge in [-0.15, -0.1) is 0 Å². The summed E-state index contributed by atoms with van der Waals surface area (Å²) in [6, 6.07) is 17.8. The second kappa shape index (κ2) is 8.84. The summed E-state index contributed by atoms with van der Waals surface area (Å²) in [6.07, 6.45) is 1.60. The summed E-state index contributed by atoms with van der Waals surface area (Å²) in [5, 5.41) is 5.51. The Balaban J connectivity index is 1.63. The third kappa shape index (κ3) is 5.39. The fourth-order valence-electron chi connectivity index (χ4n) is 2.21. The summed E-state index contributed by atoms with van der Waals surface area (Å²) in [7, 11) is -3.69. The van der Waals surface area contributed by atoms with Gasteiger partial charge >= 0.3 is 0 Å². The third-order valence-corrected chi connectivity index (χ3v) is 6.00. The van der Waals surface area contributed by atoms with Crippen LogP contribution in [0.3, 0.4) is 0 Å². The molecule has 0 atom stereocenters. The van der Waals surface area contributed by atoms with Crippen molar-refractivity contribution in [3.05, 3.63) is 87.4 Å². The molecule has 0 fully saturated rings. The zero-order valence-corrected chi connectivity index (χ0v) is 17.3. The lowest BCUT2D eigenvalue weighted by Crippen LogP contribution is -2.12. The number of anilines is 2. The maximum atomic E-state index is 12.4. The minimum atomic E-state index is -3.69. The van der Waals surface area contributed by atoms with E-state index in [0.717, 1.165) is 5.56 Å². The zero-order valence-electron chi connectivity index (χ0n) is 14.2. The second-order valence-electron chi connectivity index (χ2n) is 5.68. The highest BCUT2D eigenvalue weighted by molar-refractivity contribution is 7.92. The number of hydrogen-bond acceptors (Lipinski definition) is 4. The summed E-state index contributed by atoms with van der Waals surface area (Å²) in [5.41, 5.74) is 4.75. The second-order valence-corrected chi connectivity index (χ2v) is 8.61. The average Bonchev–Trinajstić information content (AvgIpc) is 2.66. The molecule has 3 aromatic rings. The highest BCUT2D eigenvalue weighted by Crippen LogP contribution is 2.22. The van der Waals surface area contributed by atoms with Gasteiger partial charge in [0.05, 0.1) is 26.8 Å². The Morgan fingerprint density at radius 1 is 0.786 bits per heavy atom. The lowest BCUT2D eigenvalue weighted by atomic mass is 10.2. The molecule has 0 bridgehead atoms. The summed E-state index contributed by atoms with van der Waals surface area (Å²) in [6.45, 7) is 0. The number of nitrogens with zero attached hydrogens (tertiary/aromatic N) is 1. The quantitative estimate of drug-likeness (QED) is 0.360. The number of nitrogens with one attached hydrogen (secondary N) is 2. The van der Waals surface area contributed by atoms with E-state index in [1.807, 2.05) is 0 Å². The van der Waals surface area contributed by atoms with Crippen LogP contribution < -0.4 is 10.1 Å². The monoisotopic (exact) mass is 453 g/mol. The Morgan fingerprint density at radius 2 is 1.43 bits per heavy atom. The largest absolute Gasteiger partial charge is 0.280 e. The van der Waals surface area contributed by atoms with Gasteiger partial charge in [-0.2, -0.15) is 5.10 Å². The summed E-state index contributed by atoms with van der Waals surface area (Å²) in [4.78, 5) is 0.130. The normalized spacial score (nSPS) is 11.5.